The summed E-state index contributed by atoms with van der Waals surface area (Å²) in [5, 5.41) is 0. The molecule has 0 saturated carbocycles. The van der Waals surface area contributed by atoms with E-state index in [4.69, 9.17) is 5.73 Å². The van der Waals surface area contributed by atoms with E-state index in [1.165, 1.54) is 5.56 Å². The van der Waals surface area contributed by atoms with E-state index in [0.717, 1.165) is 17.8 Å². The van der Waals surface area contributed by atoms with Crippen LogP contribution < -0.4 is 10.6 Å². The summed E-state index contributed by atoms with van der Waals surface area (Å²) in [4.78, 5) is 6.58. The topological polar surface area (TPSA) is 42.2 Å². The first kappa shape index (κ1) is 13.6. The molecule has 0 atom stereocenters. The Morgan fingerprint density at radius 1 is 1.16 bits per heavy atom. The maximum atomic E-state index is 5.83. The Morgan fingerprint density at radius 2 is 1.89 bits per heavy atom. The third-order valence-corrected chi connectivity index (χ3v) is 3.24. The molecular formula is C16H21N3. The predicted molar refractivity (Wildman–Crippen MR) is 79.9 cm³/mol. The molecule has 3 heteroatoms. The SMILES string of the molecule is CC(C)N(Cc1ccccc1)c1cnccc1CN. The molecule has 2 N–H and O–H groups in total. The predicted octanol–water partition coefficient (Wildman–Crippen LogP) is 2.96. The molecule has 3 nitrogen and oxygen atoms in total. The van der Waals surface area contributed by atoms with Crippen LogP contribution >= 0.6 is 0 Å². The zero-order chi connectivity index (χ0) is 13.7. The molecule has 0 bridgehead atoms. The molecule has 1 heterocycles. The molecule has 0 amide bonds. The lowest BCUT2D eigenvalue weighted by atomic mass is 10.1. The average Bonchev–Trinajstić information content (AvgIpc) is 2.45. The van der Waals surface area contributed by atoms with E-state index in [0.29, 0.717) is 12.6 Å². The summed E-state index contributed by atoms with van der Waals surface area (Å²) in [6, 6.07) is 12.9. The van der Waals surface area contributed by atoms with Crippen LogP contribution in [0.5, 0.6) is 0 Å². The van der Waals surface area contributed by atoms with Crippen molar-refractivity contribution in [1.82, 2.24) is 4.98 Å². The number of nitrogens with two attached hydrogens (primary N) is 1. The van der Waals surface area contributed by atoms with Crippen LogP contribution in [0, 0.1) is 0 Å². The van der Waals surface area contributed by atoms with Crippen molar-refractivity contribution < 1.29 is 0 Å². The molecule has 19 heavy (non-hydrogen) atoms. The van der Waals surface area contributed by atoms with Crippen molar-refractivity contribution >= 4 is 5.69 Å². The van der Waals surface area contributed by atoms with Gasteiger partial charge in [-0.3, -0.25) is 4.98 Å². The Kier molecular flexibility index (Phi) is 4.53. The second-order valence-corrected chi connectivity index (χ2v) is 4.92. The van der Waals surface area contributed by atoms with E-state index in [-0.39, 0.29) is 0 Å². The van der Waals surface area contributed by atoms with Gasteiger partial charge in [0.15, 0.2) is 0 Å². The third-order valence-electron chi connectivity index (χ3n) is 3.24. The minimum absolute atomic E-state index is 0.398. The molecule has 0 unspecified atom stereocenters. The van der Waals surface area contributed by atoms with Crippen LogP contribution in [0.1, 0.15) is 25.0 Å². The summed E-state index contributed by atoms with van der Waals surface area (Å²) in [6.45, 7) is 5.79. The number of pyridine rings is 1. The lowest BCUT2D eigenvalue weighted by Gasteiger charge is -2.30. The van der Waals surface area contributed by atoms with Gasteiger partial charge >= 0.3 is 0 Å². The van der Waals surface area contributed by atoms with Crippen LogP contribution in [-0.2, 0) is 13.1 Å². The summed E-state index contributed by atoms with van der Waals surface area (Å²) in [6.07, 6.45) is 3.71. The standard InChI is InChI=1S/C16H21N3/c1-13(2)19(12-14-6-4-3-5-7-14)16-11-18-9-8-15(16)10-17/h3-9,11,13H,10,12,17H2,1-2H3. The van der Waals surface area contributed by atoms with Gasteiger partial charge in [0, 0.05) is 25.3 Å². The molecule has 1 aromatic carbocycles. The molecule has 100 valence electrons. The molecule has 1 aromatic heterocycles. The molecule has 2 aromatic rings. The van der Waals surface area contributed by atoms with Crippen LogP contribution in [0.25, 0.3) is 0 Å². The first-order chi connectivity index (χ1) is 9.22. The molecule has 0 aliphatic heterocycles. The summed E-state index contributed by atoms with van der Waals surface area (Å²) < 4.78 is 0. The number of nitrogens with zero attached hydrogens (tertiary/aromatic N) is 2. The fourth-order valence-electron chi connectivity index (χ4n) is 2.17. The number of benzene rings is 1. The Balaban J connectivity index is 2.30. The highest BCUT2D eigenvalue weighted by molar-refractivity contribution is 5.52. The van der Waals surface area contributed by atoms with Gasteiger partial charge < -0.3 is 10.6 Å². The van der Waals surface area contributed by atoms with Crippen molar-refractivity contribution in [2.45, 2.75) is 33.0 Å². The number of hydrogen-bond donors (Lipinski definition) is 1. The van der Waals surface area contributed by atoms with E-state index in [9.17, 15) is 0 Å². The summed E-state index contributed by atoms with van der Waals surface area (Å²) in [7, 11) is 0. The maximum Gasteiger partial charge on any atom is 0.0603 e. The molecule has 0 saturated heterocycles. The number of rotatable bonds is 5. The van der Waals surface area contributed by atoms with Gasteiger partial charge in [-0.2, -0.15) is 0 Å². The Labute approximate surface area is 115 Å². The number of hydrogen-bond acceptors (Lipinski definition) is 3. The Morgan fingerprint density at radius 3 is 2.53 bits per heavy atom. The van der Waals surface area contributed by atoms with Gasteiger partial charge in [-0.1, -0.05) is 30.3 Å². The minimum Gasteiger partial charge on any atom is -0.363 e. The fourth-order valence-corrected chi connectivity index (χ4v) is 2.17. The normalized spacial score (nSPS) is 10.7. The Hall–Kier alpha value is -1.87. The highest BCUT2D eigenvalue weighted by Crippen LogP contribution is 2.23. The van der Waals surface area contributed by atoms with Crippen molar-refractivity contribution in [2.24, 2.45) is 5.73 Å². The molecule has 0 aliphatic carbocycles. The maximum absolute atomic E-state index is 5.83. The van der Waals surface area contributed by atoms with E-state index < -0.39 is 0 Å². The molecule has 0 fully saturated rings. The van der Waals surface area contributed by atoms with Gasteiger partial charge in [-0.25, -0.2) is 0 Å². The second kappa shape index (κ2) is 6.34. The first-order valence-corrected chi connectivity index (χ1v) is 6.66. The molecule has 0 aliphatic rings. The molecule has 0 radical (unpaired) electrons. The van der Waals surface area contributed by atoms with Gasteiger partial charge in [-0.05, 0) is 31.0 Å². The van der Waals surface area contributed by atoms with Crippen molar-refractivity contribution in [3.05, 3.63) is 59.9 Å². The molecule has 2 rings (SSSR count). The van der Waals surface area contributed by atoms with Gasteiger partial charge in [0.1, 0.15) is 0 Å². The van der Waals surface area contributed by atoms with E-state index in [2.05, 4.69) is 48.0 Å². The monoisotopic (exact) mass is 255 g/mol. The fraction of sp³-hybridized carbons (Fsp3) is 0.312. The van der Waals surface area contributed by atoms with Crippen molar-refractivity contribution in [2.75, 3.05) is 4.90 Å². The van der Waals surface area contributed by atoms with E-state index in [1.54, 1.807) is 6.20 Å². The number of anilines is 1. The Bertz CT molecular complexity index is 508. The van der Waals surface area contributed by atoms with Gasteiger partial charge in [0.05, 0.1) is 11.9 Å². The second-order valence-electron chi connectivity index (χ2n) is 4.92. The summed E-state index contributed by atoms with van der Waals surface area (Å²) in [5.41, 5.74) is 9.39. The quantitative estimate of drug-likeness (QED) is 0.893. The van der Waals surface area contributed by atoms with Crippen LogP contribution in [0.3, 0.4) is 0 Å². The summed E-state index contributed by atoms with van der Waals surface area (Å²) >= 11 is 0. The van der Waals surface area contributed by atoms with Crippen LogP contribution in [0.2, 0.25) is 0 Å². The third kappa shape index (κ3) is 3.32. The highest BCUT2D eigenvalue weighted by Gasteiger charge is 2.14. The summed E-state index contributed by atoms with van der Waals surface area (Å²) in [5.74, 6) is 0. The smallest absolute Gasteiger partial charge is 0.0603 e. The molecule has 0 spiro atoms. The van der Waals surface area contributed by atoms with E-state index >= 15 is 0 Å². The van der Waals surface area contributed by atoms with Crippen LogP contribution in [0.4, 0.5) is 5.69 Å². The zero-order valence-electron chi connectivity index (χ0n) is 11.6. The first-order valence-electron chi connectivity index (χ1n) is 6.66. The lowest BCUT2D eigenvalue weighted by molar-refractivity contribution is 0.677. The highest BCUT2D eigenvalue weighted by atomic mass is 15.2. The van der Waals surface area contributed by atoms with Gasteiger partial charge in [0.25, 0.3) is 0 Å². The lowest BCUT2D eigenvalue weighted by Crippen LogP contribution is -2.31. The van der Waals surface area contributed by atoms with Crippen LogP contribution in [0.15, 0.2) is 48.8 Å². The van der Waals surface area contributed by atoms with Gasteiger partial charge in [-0.15, -0.1) is 0 Å². The van der Waals surface area contributed by atoms with Crippen molar-refractivity contribution in [1.29, 1.82) is 0 Å². The van der Waals surface area contributed by atoms with Crippen molar-refractivity contribution in [3.8, 4) is 0 Å². The minimum atomic E-state index is 0.398. The molecular weight excluding hydrogens is 234 g/mol. The largest absolute Gasteiger partial charge is 0.363 e. The van der Waals surface area contributed by atoms with Crippen LogP contribution in [-0.4, -0.2) is 11.0 Å². The van der Waals surface area contributed by atoms with E-state index in [1.807, 2.05) is 18.3 Å². The van der Waals surface area contributed by atoms with Gasteiger partial charge in [0.2, 0.25) is 0 Å². The zero-order valence-corrected chi connectivity index (χ0v) is 11.6. The average molecular weight is 255 g/mol. The number of aromatic nitrogens is 1. The van der Waals surface area contributed by atoms with Crippen molar-refractivity contribution in [3.63, 3.8) is 0 Å².